The summed E-state index contributed by atoms with van der Waals surface area (Å²) in [6.07, 6.45) is 4.48. The van der Waals surface area contributed by atoms with Crippen LogP contribution in [-0.4, -0.2) is 36.9 Å². The SMILES string of the molecule is CC[C@@H]1CCCC[NH+]1C[C@H](O)COc1c(Cl)cccc1Cl. The Balaban J connectivity index is 1.85. The molecule has 1 saturated heterocycles. The first-order valence-corrected chi connectivity index (χ1v) is 8.46. The summed E-state index contributed by atoms with van der Waals surface area (Å²) in [4.78, 5) is 1.49. The standard InChI is InChI=1S/C16H23Cl2NO2/c1-2-12-6-3-4-9-19(12)10-13(20)11-21-16-14(17)7-5-8-15(16)18/h5,7-8,12-13,20H,2-4,6,9-11H2,1H3/p+1/t12-,13+/m1/s1. The molecule has 0 radical (unpaired) electrons. The summed E-state index contributed by atoms with van der Waals surface area (Å²) in [5.41, 5.74) is 0. The van der Waals surface area contributed by atoms with Crippen molar-refractivity contribution in [1.82, 2.24) is 0 Å². The van der Waals surface area contributed by atoms with Crippen molar-refractivity contribution < 1.29 is 14.7 Å². The van der Waals surface area contributed by atoms with Crippen LogP contribution in [0.3, 0.4) is 0 Å². The molecular formula is C16H24Cl2NO2+. The number of benzene rings is 1. The van der Waals surface area contributed by atoms with Crippen molar-refractivity contribution >= 4 is 23.2 Å². The number of piperidine rings is 1. The Hall–Kier alpha value is -0.480. The molecule has 1 heterocycles. The Bertz CT molecular complexity index is 436. The second kappa shape index (κ2) is 8.23. The maximum Gasteiger partial charge on any atom is 0.156 e. The first kappa shape index (κ1) is 16.9. The van der Waals surface area contributed by atoms with E-state index in [4.69, 9.17) is 27.9 Å². The predicted octanol–water partition coefficient (Wildman–Crippen LogP) is 2.58. The van der Waals surface area contributed by atoms with Gasteiger partial charge < -0.3 is 14.7 Å². The van der Waals surface area contributed by atoms with Crippen LogP contribution in [0.2, 0.25) is 10.0 Å². The highest BCUT2D eigenvalue weighted by molar-refractivity contribution is 6.37. The molecule has 0 aromatic heterocycles. The van der Waals surface area contributed by atoms with Crippen LogP contribution in [0.1, 0.15) is 32.6 Å². The van der Waals surface area contributed by atoms with E-state index in [9.17, 15) is 5.11 Å². The number of para-hydroxylation sites is 1. The Morgan fingerprint density at radius 3 is 2.71 bits per heavy atom. The van der Waals surface area contributed by atoms with Crippen LogP contribution in [-0.2, 0) is 0 Å². The van der Waals surface area contributed by atoms with E-state index in [-0.39, 0.29) is 6.61 Å². The largest absolute Gasteiger partial charge is 0.488 e. The molecule has 1 fully saturated rings. The van der Waals surface area contributed by atoms with Crippen LogP contribution >= 0.6 is 23.2 Å². The zero-order chi connectivity index (χ0) is 15.2. The number of rotatable bonds is 6. The van der Waals surface area contributed by atoms with Crippen molar-refractivity contribution in [1.29, 1.82) is 0 Å². The molecule has 3 atom stereocenters. The lowest BCUT2D eigenvalue weighted by Crippen LogP contribution is -3.17. The van der Waals surface area contributed by atoms with Crippen LogP contribution in [0, 0.1) is 0 Å². The monoisotopic (exact) mass is 332 g/mol. The summed E-state index contributed by atoms with van der Waals surface area (Å²) in [6, 6.07) is 5.91. The normalized spacial score (nSPS) is 23.8. The van der Waals surface area contributed by atoms with Crippen molar-refractivity contribution in [2.75, 3.05) is 19.7 Å². The lowest BCUT2D eigenvalue weighted by atomic mass is 10.00. The zero-order valence-corrected chi connectivity index (χ0v) is 14.0. The quantitative estimate of drug-likeness (QED) is 0.839. The van der Waals surface area contributed by atoms with Gasteiger partial charge in [0.25, 0.3) is 0 Å². The molecule has 0 bridgehead atoms. The second-order valence-corrected chi connectivity index (χ2v) is 6.54. The highest BCUT2D eigenvalue weighted by Gasteiger charge is 2.26. The number of hydrogen-bond donors (Lipinski definition) is 2. The maximum atomic E-state index is 10.2. The summed E-state index contributed by atoms with van der Waals surface area (Å²) in [5, 5.41) is 11.2. The average molecular weight is 333 g/mol. The molecule has 3 nitrogen and oxygen atoms in total. The number of ether oxygens (including phenoxy) is 1. The fraction of sp³-hybridized carbons (Fsp3) is 0.625. The van der Waals surface area contributed by atoms with E-state index in [0.717, 1.165) is 13.1 Å². The molecule has 1 aliphatic rings. The molecule has 5 heteroatoms. The molecule has 1 unspecified atom stereocenters. The molecule has 0 spiro atoms. The van der Waals surface area contributed by atoms with Gasteiger partial charge in [-0.2, -0.15) is 0 Å². The van der Waals surface area contributed by atoms with E-state index >= 15 is 0 Å². The molecule has 2 rings (SSSR count). The minimum atomic E-state index is -0.500. The Morgan fingerprint density at radius 1 is 1.33 bits per heavy atom. The zero-order valence-electron chi connectivity index (χ0n) is 12.4. The van der Waals surface area contributed by atoms with Gasteiger partial charge in [-0.05, 0) is 37.8 Å². The number of nitrogens with one attached hydrogen (secondary N) is 1. The molecule has 0 aliphatic carbocycles. The van der Waals surface area contributed by atoms with Crippen molar-refractivity contribution in [2.24, 2.45) is 0 Å². The number of hydrogen-bond acceptors (Lipinski definition) is 2. The number of aliphatic hydroxyl groups excluding tert-OH is 1. The Kier molecular flexibility index (Phi) is 6.62. The molecule has 1 aromatic carbocycles. The molecule has 118 valence electrons. The summed E-state index contributed by atoms with van der Waals surface area (Å²) in [7, 11) is 0. The van der Waals surface area contributed by atoms with E-state index in [1.54, 1.807) is 18.2 Å². The average Bonchev–Trinajstić information content (AvgIpc) is 2.47. The van der Waals surface area contributed by atoms with Gasteiger partial charge in [-0.15, -0.1) is 0 Å². The molecular weight excluding hydrogens is 309 g/mol. The highest BCUT2D eigenvalue weighted by Crippen LogP contribution is 2.32. The summed E-state index contributed by atoms with van der Waals surface area (Å²) < 4.78 is 5.61. The molecule has 2 N–H and O–H groups in total. The van der Waals surface area contributed by atoms with E-state index in [2.05, 4.69) is 6.92 Å². The van der Waals surface area contributed by atoms with Gasteiger partial charge in [0.05, 0.1) is 22.6 Å². The Morgan fingerprint density at radius 2 is 2.05 bits per heavy atom. The van der Waals surface area contributed by atoms with Gasteiger partial charge in [0.2, 0.25) is 0 Å². The van der Waals surface area contributed by atoms with Gasteiger partial charge in [0.1, 0.15) is 19.3 Å². The van der Waals surface area contributed by atoms with Gasteiger partial charge in [0.15, 0.2) is 5.75 Å². The smallest absolute Gasteiger partial charge is 0.156 e. The minimum absolute atomic E-state index is 0.226. The van der Waals surface area contributed by atoms with E-state index in [1.807, 2.05) is 0 Å². The Labute approximate surface area is 136 Å². The van der Waals surface area contributed by atoms with Crippen molar-refractivity contribution in [2.45, 2.75) is 44.8 Å². The van der Waals surface area contributed by atoms with E-state index in [0.29, 0.717) is 21.8 Å². The van der Waals surface area contributed by atoms with Crippen molar-refractivity contribution in [3.8, 4) is 5.75 Å². The fourth-order valence-corrected chi connectivity index (χ4v) is 3.58. The van der Waals surface area contributed by atoms with E-state index < -0.39 is 6.10 Å². The number of quaternary nitrogens is 1. The van der Waals surface area contributed by atoms with E-state index in [1.165, 1.54) is 30.6 Å². The van der Waals surface area contributed by atoms with Gasteiger partial charge in [0, 0.05) is 0 Å². The minimum Gasteiger partial charge on any atom is -0.488 e. The van der Waals surface area contributed by atoms with Gasteiger partial charge in [-0.25, -0.2) is 0 Å². The van der Waals surface area contributed by atoms with Gasteiger partial charge >= 0.3 is 0 Å². The third kappa shape index (κ3) is 4.75. The highest BCUT2D eigenvalue weighted by atomic mass is 35.5. The molecule has 21 heavy (non-hydrogen) atoms. The third-order valence-corrected chi connectivity index (χ3v) is 4.80. The van der Waals surface area contributed by atoms with Crippen LogP contribution in [0.5, 0.6) is 5.75 Å². The first-order chi connectivity index (χ1) is 10.1. The molecule has 0 amide bonds. The lowest BCUT2D eigenvalue weighted by Gasteiger charge is -2.33. The van der Waals surface area contributed by atoms with Crippen LogP contribution in [0.15, 0.2) is 18.2 Å². The van der Waals surface area contributed by atoms with Gasteiger partial charge in [-0.3, -0.25) is 0 Å². The fourth-order valence-electron chi connectivity index (χ4n) is 3.07. The topological polar surface area (TPSA) is 33.9 Å². The number of likely N-dealkylation sites (tertiary alicyclic amines) is 1. The lowest BCUT2D eigenvalue weighted by molar-refractivity contribution is -0.933. The second-order valence-electron chi connectivity index (χ2n) is 5.73. The summed E-state index contributed by atoms with van der Waals surface area (Å²) in [6.45, 7) is 4.31. The van der Waals surface area contributed by atoms with Crippen LogP contribution in [0.25, 0.3) is 0 Å². The van der Waals surface area contributed by atoms with Gasteiger partial charge in [-0.1, -0.05) is 36.2 Å². The number of halogens is 2. The summed E-state index contributed by atoms with van der Waals surface area (Å²) in [5.74, 6) is 0.459. The molecule has 1 aliphatic heterocycles. The van der Waals surface area contributed by atoms with Crippen LogP contribution < -0.4 is 9.64 Å². The maximum absolute atomic E-state index is 10.2. The molecule has 1 aromatic rings. The van der Waals surface area contributed by atoms with Crippen molar-refractivity contribution in [3.63, 3.8) is 0 Å². The first-order valence-electron chi connectivity index (χ1n) is 7.71. The van der Waals surface area contributed by atoms with Crippen LogP contribution in [0.4, 0.5) is 0 Å². The summed E-state index contributed by atoms with van der Waals surface area (Å²) >= 11 is 12.1. The predicted molar refractivity (Wildman–Crippen MR) is 86.6 cm³/mol. The third-order valence-electron chi connectivity index (χ3n) is 4.21. The van der Waals surface area contributed by atoms with Crippen molar-refractivity contribution in [3.05, 3.63) is 28.2 Å². The molecule has 0 saturated carbocycles. The number of aliphatic hydroxyl groups is 1.